The van der Waals surface area contributed by atoms with Crippen molar-refractivity contribution in [2.24, 2.45) is 11.8 Å². The summed E-state index contributed by atoms with van der Waals surface area (Å²) in [5.74, 6) is 2.33. The van der Waals surface area contributed by atoms with E-state index in [4.69, 9.17) is 0 Å². The second-order valence-corrected chi connectivity index (χ2v) is 8.24. The van der Waals surface area contributed by atoms with Crippen LogP contribution in [0.1, 0.15) is 25.5 Å². The summed E-state index contributed by atoms with van der Waals surface area (Å²) in [7, 11) is 0. The molecule has 5 heteroatoms. The van der Waals surface area contributed by atoms with Gasteiger partial charge in [-0.25, -0.2) is 15.0 Å². The lowest BCUT2D eigenvalue weighted by Gasteiger charge is -2.26. The minimum absolute atomic E-state index is 0.569. The Morgan fingerprint density at radius 1 is 1.08 bits per heavy atom. The van der Waals surface area contributed by atoms with Crippen molar-refractivity contribution in [1.82, 2.24) is 15.0 Å². The Balaban J connectivity index is 1.60. The number of benzene rings is 1. The van der Waals surface area contributed by atoms with E-state index in [0.29, 0.717) is 11.8 Å². The maximum Gasteiger partial charge on any atom is 0.128 e. The number of halogens is 1. The molecule has 0 radical (unpaired) electrons. The summed E-state index contributed by atoms with van der Waals surface area (Å²) in [6.45, 7) is 4.44. The van der Waals surface area contributed by atoms with Gasteiger partial charge in [0, 0.05) is 29.1 Å². The second-order valence-electron chi connectivity index (χ2n) is 7.33. The summed E-state index contributed by atoms with van der Waals surface area (Å²) < 4.78 is 1.07. The van der Waals surface area contributed by atoms with Crippen LogP contribution >= 0.6 is 15.9 Å². The Labute approximate surface area is 162 Å². The molecule has 1 fully saturated rings. The summed E-state index contributed by atoms with van der Waals surface area (Å²) >= 11 is 3.58. The molecule has 3 aromatic rings. The van der Waals surface area contributed by atoms with E-state index >= 15 is 0 Å². The largest absolute Gasteiger partial charge is 0.356 e. The van der Waals surface area contributed by atoms with Gasteiger partial charge in [-0.1, -0.05) is 28.9 Å². The molecular formula is C21H23BrN4. The predicted molar refractivity (Wildman–Crippen MR) is 109 cm³/mol. The van der Waals surface area contributed by atoms with Crippen LogP contribution in [-0.4, -0.2) is 28.0 Å². The predicted octanol–water partition coefficient (Wildman–Crippen LogP) is 4.88. The first-order valence-corrected chi connectivity index (χ1v) is 10.0. The van der Waals surface area contributed by atoms with Crippen LogP contribution in [0.5, 0.6) is 0 Å². The third kappa shape index (κ3) is 3.88. The van der Waals surface area contributed by atoms with Gasteiger partial charge in [0.05, 0.1) is 11.2 Å². The first kappa shape index (κ1) is 17.4. The minimum Gasteiger partial charge on any atom is -0.356 e. The molecule has 2 aromatic heterocycles. The summed E-state index contributed by atoms with van der Waals surface area (Å²) in [5.41, 5.74) is 2.17. The average Bonchev–Trinajstić information content (AvgIpc) is 2.85. The topological polar surface area (TPSA) is 41.9 Å². The SMILES string of the molecule is C[C@H]1CC[C@H](Cc2ncnc3ccc(Br)cc23)CN(c2ccccn2)C1. The maximum absolute atomic E-state index is 4.62. The van der Waals surface area contributed by atoms with E-state index in [-0.39, 0.29) is 0 Å². The molecule has 2 atom stereocenters. The molecule has 4 rings (SSSR count). The van der Waals surface area contributed by atoms with Gasteiger partial charge in [-0.2, -0.15) is 0 Å². The fourth-order valence-corrected chi connectivity index (χ4v) is 4.24. The highest BCUT2D eigenvalue weighted by atomic mass is 79.9. The van der Waals surface area contributed by atoms with Crippen molar-refractivity contribution in [1.29, 1.82) is 0 Å². The van der Waals surface area contributed by atoms with E-state index in [1.54, 1.807) is 6.33 Å². The van der Waals surface area contributed by atoms with Crippen molar-refractivity contribution < 1.29 is 0 Å². The number of hydrogen-bond donors (Lipinski definition) is 0. The molecule has 1 aliphatic rings. The third-order valence-electron chi connectivity index (χ3n) is 5.21. The molecule has 1 saturated heterocycles. The molecule has 1 aliphatic heterocycles. The highest BCUT2D eigenvalue weighted by Gasteiger charge is 2.24. The van der Waals surface area contributed by atoms with Gasteiger partial charge in [0.2, 0.25) is 0 Å². The van der Waals surface area contributed by atoms with Crippen molar-refractivity contribution in [3.05, 3.63) is 59.1 Å². The lowest BCUT2D eigenvalue weighted by molar-refractivity contribution is 0.465. The first-order chi connectivity index (χ1) is 12.7. The Hall–Kier alpha value is -2.01. The van der Waals surface area contributed by atoms with Crippen LogP contribution in [0.3, 0.4) is 0 Å². The van der Waals surface area contributed by atoms with E-state index < -0.39 is 0 Å². The smallest absolute Gasteiger partial charge is 0.128 e. The number of aromatic nitrogens is 3. The number of nitrogens with zero attached hydrogens (tertiary/aromatic N) is 4. The highest BCUT2D eigenvalue weighted by molar-refractivity contribution is 9.10. The quantitative estimate of drug-likeness (QED) is 0.616. The molecule has 0 spiro atoms. The third-order valence-corrected chi connectivity index (χ3v) is 5.71. The van der Waals surface area contributed by atoms with Crippen LogP contribution < -0.4 is 4.90 Å². The minimum atomic E-state index is 0.569. The molecule has 0 amide bonds. The lowest BCUT2D eigenvalue weighted by Crippen LogP contribution is -2.31. The fraction of sp³-hybridized carbons (Fsp3) is 0.381. The molecule has 0 unspecified atom stereocenters. The zero-order valence-corrected chi connectivity index (χ0v) is 16.6. The van der Waals surface area contributed by atoms with Gasteiger partial charge in [-0.15, -0.1) is 0 Å². The van der Waals surface area contributed by atoms with Gasteiger partial charge in [0.25, 0.3) is 0 Å². The van der Waals surface area contributed by atoms with Crippen LogP contribution in [-0.2, 0) is 6.42 Å². The van der Waals surface area contributed by atoms with Crippen molar-refractivity contribution in [2.45, 2.75) is 26.2 Å². The number of fused-ring (bicyclic) bond motifs is 1. The Morgan fingerprint density at radius 3 is 2.85 bits per heavy atom. The van der Waals surface area contributed by atoms with Crippen molar-refractivity contribution in [2.75, 3.05) is 18.0 Å². The number of anilines is 1. The van der Waals surface area contributed by atoms with Crippen LogP contribution in [0.2, 0.25) is 0 Å². The van der Waals surface area contributed by atoms with E-state index in [1.807, 2.05) is 18.3 Å². The van der Waals surface area contributed by atoms with E-state index in [0.717, 1.165) is 46.4 Å². The van der Waals surface area contributed by atoms with Crippen molar-refractivity contribution in [3.8, 4) is 0 Å². The van der Waals surface area contributed by atoms with Gasteiger partial charge < -0.3 is 4.90 Å². The molecular weight excluding hydrogens is 388 g/mol. The summed E-state index contributed by atoms with van der Waals surface area (Å²) in [6.07, 6.45) is 7.03. The average molecular weight is 411 g/mol. The number of hydrogen-bond acceptors (Lipinski definition) is 4. The van der Waals surface area contributed by atoms with E-state index in [2.05, 4.69) is 67.0 Å². The monoisotopic (exact) mass is 410 g/mol. The van der Waals surface area contributed by atoms with Gasteiger partial charge in [0.1, 0.15) is 12.1 Å². The lowest BCUT2D eigenvalue weighted by atomic mass is 9.94. The molecule has 134 valence electrons. The Morgan fingerprint density at radius 2 is 2.00 bits per heavy atom. The first-order valence-electron chi connectivity index (χ1n) is 9.24. The van der Waals surface area contributed by atoms with Gasteiger partial charge in [-0.3, -0.25) is 0 Å². The molecule has 0 bridgehead atoms. The van der Waals surface area contributed by atoms with Crippen LogP contribution in [0, 0.1) is 11.8 Å². The van der Waals surface area contributed by atoms with Gasteiger partial charge in [0.15, 0.2) is 0 Å². The number of rotatable bonds is 3. The zero-order chi connectivity index (χ0) is 17.9. The Bertz CT molecular complexity index is 884. The molecule has 1 aromatic carbocycles. The Kier molecular flexibility index (Phi) is 5.16. The summed E-state index contributed by atoms with van der Waals surface area (Å²) in [6, 6.07) is 12.4. The molecule has 0 aliphatic carbocycles. The molecule has 3 heterocycles. The zero-order valence-electron chi connectivity index (χ0n) is 15.0. The maximum atomic E-state index is 4.62. The van der Waals surface area contributed by atoms with Crippen LogP contribution in [0.25, 0.3) is 10.9 Å². The van der Waals surface area contributed by atoms with Gasteiger partial charge in [-0.05, 0) is 61.4 Å². The molecule has 0 saturated carbocycles. The van der Waals surface area contributed by atoms with E-state index in [1.165, 1.54) is 12.8 Å². The van der Waals surface area contributed by atoms with Gasteiger partial charge >= 0.3 is 0 Å². The van der Waals surface area contributed by atoms with Crippen LogP contribution in [0.4, 0.5) is 5.82 Å². The van der Waals surface area contributed by atoms with E-state index in [9.17, 15) is 0 Å². The standard InChI is InChI=1S/C21H23BrN4/c1-15-5-6-16(13-26(12-15)21-4-2-3-9-23-21)10-20-18-11-17(22)7-8-19(18)24-14-25-20/h2-4,7-9,11,14-16H,5-6,10,12-13H2,1H3/t15-,16+/m0/s1. The fourth-order valence-electron chi connectivity index (χ4n) is 3.88. The second kappa shape index (κ2) is 7.70. The molecule has 26 heavy (non-hydrogen) atoms. The summed E-state index contributed by atoms with van der Waals surface area (Å²) in [4.78, 5) is 16.1. The number of pyridine rings is 1. The normalized spacial score (nSPS) is 20.9. The summed E-state index contributed by atoms with van der Waals surface area (Å²) in [5, 5.41) is 1.16. The molecule has 0 N–H and O–H groups in total. The van der Waals surface area contributed by atoms with Crippen molar-refractivity contribution in [3.63, 3.8) is 0 Å². The van der Waals surface area contributed by atoms with Crippen molar-refractivity contribution >= 4 is 32.7 Å². The highest BCUT2D eigenvalue weighted by Crippen LogP contribution is 2.28. The van der Waals surface area contributed by atoms with Crippen LogP contribution in [0.15, 0.2) is 53.4 Å². The molecule has 4 nitrogen and oxygen atoms in total.